The minimum Gasteiger partial charge on any atom is -0.497 e. The molecule has 2 aromatic heterocycles. The van der Waals surface area contributed by atoms with E-state index < -0.39 is 0 Å². The second-order valence-corrected chi connectivity index (χ2v) is 5.75. The smallest absolute Gasteiger partial charge is 0.216 e. The number of H-pyrrole nitrogens is 1. The first-order valence-electron chi connectivity index (χ1n) is 6.62. The van der Waals surface area contributed by atoms with Gasteiger partial charge in [-0.2, -0.15) is 26.2 Å². The minimum absolute atomic E-state index is 0.481. The van der Waals surface area contributed by atoms with Gasteiger partial charge in [0.2, 0.25) is 4.77 Å². The number of thiophene rings is 1. The molecule has 0 aliphatic carbocycles. The van der Waals surface area contributed by atoms with Crippen molar-refractivity contribution < 1.29 is 4.74 Å². The molecule has 0 saturated carbocycles. The number of methoxy groups -OCH3 is 1. The van der Waals surface area contributed by atoms with Crippen LogP contribution in [0, 0.1) is 4.77 Å². The normalized spacial score (nSPS) is 11.1. The maximum Gasteiger partial charge on any atom is 0.216 e. The van der Waals surface area contributed by atoms with E-state index >= 15 is 0 Å². The van der Waals surface area contributed by atoms with Crippen molar-refractivity contribution in [2.24, 2.45) is 5.10 Å². The Bertz CT molecular complexity index is 816. The Kier molecular flexibility index (Phi) is 4.45. The van der Waals surface area contributed by atoms with Gasteiger partial charge in [-0.3, -0.25) is 5.10 Å². The molecule has 1 aromatic carbocycles. The molecule has 0 spiro atoms. The summed E-state index contributed by atoms with van der Waals surface area (Å²) in [6.07, 6.45) is 2.41. The SMILES string of the molecule is COc1ccc(Cc2n[nH]c(=S)n2/N=C\c2ccsc2)cc1. The summed E-state index contributed by atoms with van der Waals surface area (Å²) < 4.78 is 7.29. The number of hydrogen-bond acceptors (Lipinski definition) is 5. The average Bonchev–Trinajstić information content (AvgIpc) is 3.17. The highest BCUT2D eigenvalue weighted by molar-refractivity contribution is 7.71. The zero-order valence-electron chi connectivity index (χ0n) is 11.9. The first-order chi connectivity index (χ1) is 10.8. The average molecular weight is 330 g/mol. The van der Waals surface area contributed by atoms with Crippen molar-refractivity contribution in [1.82, 2.24) is 14.9 Å². The van der Waals surface area contributed by atoms with Crippen LogP contribution in [0.3, 0.4) is 0 Å². The monoisotopic (exact) mass is 330 g/mol. The predicted octanol–water partition coefficient (Wildman–Crippen LogP) is 3.48. The summed E-state index contributed by atoms with van der Waals surface area (Å²) in [4.78, 5) is 0. The molecule has 0 radical (unpaired) electrons. The van der Waals surface area contributed by atoms with Crippen molar-refractivity contribution in [3.05, 3.63) is 62.8 Å². The van der Waals surface area contributed by atoms with E-state index in [1.807, 2.05) is 41.1 Å². The maximum atomic E-state index is 5.24. The van der Waals surface area contributed by atoms with E-state index in [2.05, 4.69) is 15.3 Å². The van der Waals surface area contributed by atoms with Gasteiger partial charge in [-0.15, -0.1) is 0 Å². The third kappa shape index (κ3) is 3.32. The van der Waals surface area contributed by atoms with Crippen molar-refractivity contribution in [3.63, 3.8) is 0 Å². The fraction of sp³-hybridized carbons (Fsp3) is 0.133. The van der Waals surface area contributed by atoms with E-state index in [1.54, 1.807) is 29.3 Å². The van der Waals surface area contributed by atoms with E-state index in [0.717, 1.165) is 22.7 Å². The lowest BCUT2D eigenvalue weighted by Crippen LogP contribution is -2.00. The molecular weight excluding hydrogens is 316 g/mol. The molecule has 3 aromatic rings. The molecule has 0 amide bonds. The van der Waals surface area contributed by atoms with Gasteiger partial charge < -0.3 is 4.74 Å². The summed E-state index contributed by atoms with van der Waals surface area (Å²) in [6.45, 7) is 0. The van der Waals surface area contributed by atoms with Crippen molar-refractivity contribution in [2.45, 2.75) is 6.42 Å². The molecule has 0 aliphatic heterocycles. The zero-order chi connectivity index (χ0) is 15.4. The van der Waals surface area contributed by atoms with Gasteiger partial charge in [0, 0.05) is 12.0 Å². The Hall–Kier alpha value is -2.25. The number of hydrogen-bond donors (Lipinski definition) is 1. The molecule has 5 nitrogen and oxygen atoms in total. The summed E-state index contributed by atoms with van der Waals surface area (Å²) in [7, 11) is 1.65. The van der Waals surface area contributed by atoms with E-state index in [4.69, 9.17) is 17.0 Å². The fourth-order valence-electron chi connectivity index (χ4n) is 1.96. The lowest BCUT2D eigenvalue weighted by molar-refractivity contribution is 0.414. The molecule has 0 bridgehead atoms. The van der Waals surface area contributed by atoms with Crippen LogP contribution in [0.25, 0.3) is 0 Å². The van der Waals surface area contributed by atoms with Crippen LogP contribution >= 0.6 is 23.6 Å². The number of nitrogens with one attached hydrogen (secondary N) is 1. The van der Waals surface area contributed by atoms with E-state index in [9.17, 15) is 0 Å². The zero-order valence-corrected chi connectivity index (χ0v) is 13.5. The van der Waals surface area contributed by atoms with Crippen LogP contribution in [0.2, 0.25) is 0 Å². The van der Waals surface area contributed by atoms with Gasteiger partial charge in [0.15, 0.2) is 5.82 Å². The first-order valence-corrected chi connectivity index (χ1v) is 7.97. The third-order valence-corrected chi connectivity index (χ3v) is 4.07. The van der Waals surface area contributed by atoms with E-state index in [0.29, 0.717) is 11.2 Å². The van der Waals surface area contributed by atoms with Crippen LogP contribution < -0.4 is 4.74 Å². The van der Waals surface area contributed by atoms with E-state index in [1.165, 1.54) is 0 Å². The van der Waals surface area contributed by atoms with Crippen molar-refractivity contribution in [2.75, 3.05) is 7.11 Å². The molecule has 7 heteroatoms. The van der Waals surface area contributed by atoms with Gasteiger partial charge in [0.1, 0.15) is 5.75 Å². The number of aromatic amines is 1. The van der Waals surface area contributed by atoms with Crippen molar-refractivity contribution >= 4 is 29.8 Å². The van der Waals surface area contributed by atoms with Gasteiger partial charge in [0.25, 0.3) is 0 Å². The summed E-state index contributed by atoms with van der Waals surface area (Å²) in [5.41, 5.74) is 2.16. The van der Waals surface area contributed by atoms with Crippen LogP contribution in [0.1, 0.15) is 17.0 Å². The summed E-state index contributed by atoms with van der Waals surface area (Å²) >= 11 is 6.87. The quantitative estimate of drug-likeness (QED) is 0.575. The largest absolute Gasteiger partial charge is 0.497 e. The van der Waals surface area contributed by atoms with Gasteiger partial charge in [-0.05, 0) is 46.7 Å². The van der Waals surface area contributed by atoms with Gasteiger partial charge in [-0.25, -0.2) is 0 Å². The molecule has 112 valence electrons. The maximum absolute atomic E-state index is 5.24. The highest BCUT2D eigenvalue weighted by Gasteiger charge is 2.06. The molecule has 0 saturated heterocycles. The molecular formula is C15H14N4OS2. The number of ether oxygens (including phenoxy) is 1. The topological polar surface area (TPSA) is 55.2 Å². The Balaban J connectivity index is 1.83. The van der Waals surface area contributed by atoms with Crippen LogP contribution in [0.5, 0.6) is 5.75 Å². The van der Waals surface area contributed by atoms with Gasteiger partial charge in [-0.1, -0.05) is 12.1 Å². The minimum atomic E-state index is 0.481. The lowest BCUT2D eigenvalue weighted by Gasteiger charge is -2.03. The fourth-order valence-corrected chi connectivity index (χ4v) is 2.77. The molecule has 3 rings (SSSR count). The number of benzene rings is 1. The van der Waals surface area contributed by atoms with Crippen LogP contribution in [0.15, 0.2) is 46.2 Å². The molecule has 0 unspecified atom stereocenters. The Morgan fingerprint density at radius 1 is 1.36 bits per heavy atom. The Morgan fingerprint density at radius 2 is 2.18 bits per heavy atom. The summed E-state index contributed by atoms with van der Waals surface area (Å²) in [6, 6.07) is 9.86. The highest BCUT2D eigenvalue weighted by Crippen LogP contribution is 2.14. The van der Waals surface area contributed by atoms with E-state index in [-0.39, 0.29) is 0 Å². The molecule has 0 atom stereocenters. The van der Waals surface area contributed by atoms with Crippen LogP contribution in [0.4, 0.5) is 0 Å². The standard InChI is InChI=1S/C15H14N4OS2/c1-20-13-4-2-11(3-5-13)8-14-17-18-15(21)19(14)16-9-12-6-7-22-10-12/h2-7,9-10H,8H2,1H3,(H,18,21)/b16-9-. The second kappa shape index (κ2) is 6.67. The van der Waals surface area contributed by atoms with Crippen LogP contribution in [-0.4, -0.2) is 28.2 Å². The lowest BCUT2D eigenvalue weighted by atomic mass is 10.1. The van der Waals surface area contributed by atoms with Gasteiger partial charge >= 0.3 is 0 Å². The Morgan fingerprint density at radius 3 is 2.86 bits per heavy atom. The number of aromatic nitrogens is 3. The Labute approximate surface area is 136 Å². The molecule has 2 heterocycles. The first kappa shape index (κ1) is 14.7. The molecule has 22 heavy (non-hydrogen) atoms. The number of rotatable bonds is 5. The van der Waals surface area contributed by atoms with Crippen LogP contribution in [-0.2, 0) is 6.42 Å². The number of nitrogens with zero attached hydrogens (tertiary/aromatic N) is 3. The molecule has 0 fully saturated rings. The summed E-state index contributed by atoms with van der Waals surface area (Å²) in [5.74, 6) is 1.60. The second-order valence-electron chi connectivity index (χ2n) is 4.58. The third-order valence-electron chi connectivity index (χ3n) is 3.10. The van der Waals surface area contributed by atoms with Gasteiger partial charge in [0.05, 0.1) is 13.3 Å². The van der Waals surface area contributed by atoms with Crippen molar-refractivity contribution in [3.8, 4) is 5.75 Å². The molecule has 1 N–H and O–H groups in total. The predicted molar refractivity (Wildman–Crippen MR) is 90.5 cm³/mol. The summed E-state index contributed by atoms with van der Waals surface area (Å²) in [5, 5.41) is 15.5. The highest BCUT2D eigenvalue weighted by atomic mass is 32.1. The van der Waals surface area contributed by atoms with Crippen molar-refractivity contribution in [1.29, 1.82) is 0 Å². The molecule has 0 aliphatic rings.